The number of aliphatic hydroxyl groups is 1. The predicted octanol–water partition coefficient (Wildman–Crippen LogP) is 4.19. The summed E-state index contributed by atoms with van der Waals surface area (Å²) in [6.07, 6.45) is 4.89. The topological polar surface area (TPSA) is 29.5 Å². The highest BCUT2D eigenvalue weighted by atomic mass is 28.4. The highest BCUT2D eigenvalue weighted by Crippen LogP contribution is 2.48. The number of aliphatic hydroxyl groups excluding tert-OH is 1. The van der Waals surface area contributed by atoms with E-state index in [0.29, 0.717) is 23.9 Å². The van der Waals surface area contributed by atoms with Crippen LogP contribution >= 0.6 is 0 Å². The molecule has 2 rings (SSSR count). The van der Waals surface area contributed by atoms with Crippen LogP contribution < -0.4 is 0 Å². The maximum absolute atomic E-state index is 10.2. The zero-order valence-electron chi connectivity index (χ0n) is 13.6. The van der Waals surface area contributed by atoms with Gasteiger partial charge in [0.2, 0.25) is 0 Å². The average Bonchev–Trinajstić information content (AvgIpc) is 2.64. The SMILES string of the molecule is CC1CCC(O[Si](C)(C)C(C)(C)C)C2CCC(O)C12. The van der Waals surface area contributed by atoms with Crippen LogP contribution in [-0.4, -0.2) is 25.6 Å². The van der Waals surface area contributed by atoms with Crippen molar-refractivity contribution in [2.45, 2.75) is 83.7 Å². The molecule has 0 aromatic rings. The van der Waals surface area contributed by atoms with Crippen molar-refractivity contribution in [2.75, 3.05) is 0 Å². The maximum atomic E-state index is 10.2. The third-order valence-corrected chi connectivity index (χ3v) is 10.5. The van der Waals surface area contributed by atoms with Gasteiger partial charge in [0, 0.05) is 6.10 Å². The van der Waals surface area contributed by atoms with E-state index in [4.69, 9.17) is 4.43 Å². The molecule has 0 saturated heterocycles. The lowest BCUT2D eigenvalue weighted by atomic mass is 9.72. The molecule has 0 aliphatic heterocycles. The minimum absolute atomic E-state index is 0.0779. The van der Waals surface area contributed by atoms with E-state index in [1.807, 2.05) is 0 Å². The van der Waals surface area contributed by atoms with Gasteiger partial charge in [0.1, 0.15) is 0 Å². The van der Waals surface area contributed by atoms with Crippen molar-refractivity contribution in [1.29, 1.82) is 0 Å². The molecule has 2 saturated carbocycles. The van der Waals surface area contributed by atoms with Crippen LogP contribution in [0, 0.1) is 17.8 Å². The molecule has 0 spiro atoms. The molecule has 5 atom stereocenters. The molecule has 1 N–H and O–H groups in total. The molecule has 0 radical (unpaired) electrons. The smallest absolute Gasteiger partial charge is 0.192 e. The standard InChI is InChI=1S/C16H32O2Si/c1-11-7-10-14(12-8-9-13(17)15(11)12)18-19(5,6)16(2,3)4/h11-15,17H,7-10H2,1-6H3. The molecule has 19 heavy (non-hydrogen) atoms. The second kappa shape index (κ2) is 5.16. The van der Waals surface area contributed by atoms with Crippen molar-refractivity contribution in [2.24, 2.45) is 17.8 Å². The summed E-state index contributed by atoms with van der Waals surface area (Å²) in [6.45, 7) is 14.0. The Labute approximate surface area is 120 Å². The molecule has 0 bridgehead atoms. The Morgan fingerprint density at radius 1 is 1.05 bits per heavy atom. The van der Waals surface area contributed by atoms with Crippen LogP contribution in [0.2, 0.25) is 18.1 Å². The quantitative estimate of drug-likeness (QED) is 0.770. The molecule has 5 unspecified atom stereocenters. The van der Waals surface area contributed by atoms with Crippen molar-refractivity contribution in [1.82, 2.24) is 0 Å². The Kier molecular flexibility index (Phi) is 4.21. The fraction of sp³-hybridized carbons (Fsp3) is 1.00. The Balaban J connectivity index is 2.10. The third kappa shape index (κ3) is 2.93. The Bertz CT molecular complexity index is 321. The van der Waals surface area contributed by atoms with E-state index in [9.17, 15) is 5.11 Å². The van der Waals surface area contributed by atoms with E-state index in [1.165, 1.54) is 12.8 Å². The van der Waals surface area contributed by atoms with Crippen molar-refractivity contribution >= 4 is 8.32 Å². The van der Waals surface area contributed by atoms with E-state index >= 15 is 0 Å². The molecule has 0 aromatic carbocycles. The number of hydrogen-bond acceptors (Lipinski definition) is 2. The minimum Gasteiger partial charge on any atom is -0.414 e. The van der Waals surface area contributed by atoms with Gasteiger partial charge in [-0.15, -0.1) is 0 Å². The lowest BCUT2D eigenvalue weighted by molar-refractivity contribution is -0.00835. The zero-order chi connectivity index (χ0) is 14.4. The number of hydrogen-bond donors (Lipinski definition) is 1. The van der Waals surface area contributed by atoms with Crippen LogP contribution in [-0.2, 0) is 4.43 Å². The highest BCUT2D eigenvalue weighted by Gasteiger charge is 2.48. The first-order valence-electron chi connectivity index (χ1n) is 7.99. The van der Waals surface area contributed by atoms with Gasteiger partial charge in [-0.05, 0) is 61.6 Å². The van der Waals surface area contributed by atoms with Crippen LogP contribution in [0.1, 0.15) is 53.4 Å². The van der Waals surface area contributed by atoms with E-state index in [2.05, 4.69) is 40.8 Å². The van der Waals surface area contributed by atoms with Crippen molar-refractivity contribution < 1.29 is 9.53 Å². The van der Waals surface area contributed by atoms with E-state index in [-0.39, 0.29) is 11.1 Å². The summed E-state index contributed by atoms with van der Waals surface area (Å²) in [6, 6.07) is 0. The Morgan fingerprint density at radius 3 is 2.26 bits per heavy atom. The lowest BCUT2D eigenvalue weighted by Crippen LogP contribution is -2.49. The van der Waals surface area contributed by atoms with Crippen molar-refractivity contribution in [3.63, 3.8) is 0 Å². The lowest BCUT2D eigenvalue weighted by Gasteiger charge is -2.45. The molecule has 0 aromatic heterocycles. The summed E-state index contributed by atoms with van der Waals surface area (Å²) in [7, 11) is -1.68. The van der Waals surface area contributed by atoms with Crippen molar-refractivity contribution in [3.05, 3.63) is 0 Å². The van der Waals surface area contributed by atoms with Gasteiger partial charge in [0.15, 0.2) is 8.32 Å². The Hall–Kier alpha value is 0.137. The monoisotopic (exact) mass is 284 g/mol. The normalized spacial score (nSPS) is 40.3. The van der Waals surface area contributed by atoms with E-state index in [1.54, 1.807) is 0 Å². The summed E-state index contributed by atoms with van der Waals surface area (Å²) < 4.78 is 6.68. The first-order valence-corrected chi connectivity index (χ1v) is 10.9. The summed E-state index contributed by atoms with van der Waals surface area (Å²) >= 11 is 0. The van der Waals surface area contributed by atoms with Gasteiger partial charge in [-0.1, -0.05) is 27.7 Å². The van der Waals surface area contributed by atoms with E-state index < -0.39 is 8.32 Å². The molecule has 0 amide bonds. The molecular weight excluding hydrogens is 252 g/mol. The van der Waals surface area contributed by atoms with Crippen molar-refractivity contribution in [3.8, 4) is 0 Å². The summed E-state index contributed by atoms with van der Waals surface area (Å²) in [5, 5.41) is 10.5. The minimum atomic E-state index is -1.68. The second-order valence-corrected chi connectivity index (χ2v) is 13.1. The average molecular weight is 285 g/mol. The molecule has 2 aliphatic rings. The highest BCUT2D eigenvalue weighted by molar-refractivity contribution is 6.74. The van der Waals surface area contributed by atoms with Crippen LogP contribution in [0.5, 0.6) is 0 Å². The fourth-order valence-corrected chi connectivity index (χ4v) is 5.21. The van der Waals surface area contributed by atoms with Gasteiger partial charge in [0.05, 0.1) is 6.10 Å². The van der Waals surface area contributed by atoms with Gasteiger partial charge >= 0.3 is 0 Å². The molecule has 2 aliphatic carbocycles. The first kappa shape index (κ1) is 15.5. The predicted molar refractivity (Wildman–Crippen MR) is 82.7 cm³/mol. The van der Waals surface area contributed by atoms with Crippen LogP contribution in [0.25, 0.3) is 0 Å². The number of rotatable bonds is 2. The van der Waals surface area contributed by atoms with Gasteiger partial charge in [-0.25, -0.2) is 0 Å². The molecule has 3 heteroatoms. The summed E-state index contributed by atoms with van der Waals surface area (Å²) in [4.78, 5) is 0. The third-order valence-electron chi connectivity index (χ3n) is 6.03. The van der Waals surface area contributed by atoms with E-state index in [0.717, 1.165) is 12.8 Å². The van der Waals surface area contributed by atoms with Crippen LogP contribution in [0.4, 0.5) is 0 Å². The van der Waals surface area contributed by atoms with Gasteiger partial charge in [0.25, 0.3) is 0 Å². The maximum Gasteiger partial charge on any atom is 0.192 e. The van der Waals surface area contributed by atoms with Crippen LogP contribution in [0.15, 0.2) is 0 Å². The molecule has 2 fully saturated rings. The zero-order valence-corrected chi connectivity index (χ0v) is 14.6. The Morgan fingerprint density at radius 2 is 1.68 bits per heavy atom. The fourth-order valence-electron chi connectivity index (χ4n) is 3.80. The molecule has 0 heterocycles. The largest absolute Gasteiger partial charge is 0.414 e. The molecular formula is C16H32O2Si. The summed E-state index contributed by atoms with van der Waals surface area (Å²) in [5.41, 5.74) is 0. The van der Waals surface area contributed by atoms with Gasteiger partial charge < -0.3 is 9.53 Å². The summed E-state index contributed by atoms with van der Waals surface area (Å²) in [5.74, 6) is 1.76. The van der Waals surface area contributed by atoms with Crippen LogP contribution in [0.3, 0.4) is 0 Å². The second-order valence-electron chi connectivity index (χ2n) is 8.36. The van der Waals surface area contributed by atoms with Gasteiger partial charge in [-0.2, -0.15) is 0 Å². The van der Waals surface area contributed by atoms with Gasteiger partial charge in [-0.3, -0.25) is 0 Å². The molecule has 112 valence electrons. The number of fused-ring (bicyclic) bond motifs is 1. The first-order chi connectivity index (χ1) is 8.63. The molecule has 2 nitrogen and oxygen atoms in total.